The summed E-state index contributed by atoms with van der Waals surface area (Å²) >= 11 is 0. The number of halogens is 3. The zero-order valence-corrected chi connectivity index (χ0v) is 16.9. The standard InChI is InChI=1S/C22H20F3NO5/c1-12-8-20(30-2)14(13-6-4-5-7-15(13)22(23,24)25)9-16(12)26-11-19(28)18(27)10-17(26)21(29)31-3/h4-11,21,28-29H,1-3H3. The average Bonchev–Trinajstić information content (AvgIpc) is 2.74. The van der Waals surface area contributed by atoms with Gasteiger partial charge in [0.2, 0.25) is 5.43 Å². The number of aryl methyl sites for hydroxylation is 1. The SMILES string of the molecule is COc1cc(C)c(-n2cc(O)c(=O)cc2C(O)OC)cc1-c1ccccc1C(F)(F)F. The third-order valence-corrected chi connectivity index (χ3v) is 4.84. The molecule has 0 radical (unpaired) electrons. The van der Waals surface area contributed by atoms with Gasteiger partial charge in [0, 0.05) is 24.4 Å². The van der Waals surface area contributed by atoms with Crippen molar-refractivity contribution in [3.8, 4) is 28.3 Å². The first kappa shape index (κ1) is 22.4. The van der Waals surface area contributed by atoms with E-state index in [4.69, 9.17) is 9.47 Å². The number of hydrogen-bond acceptors (Lipinski definition) is 5. The lowest BCUT2D eigenvalue weighted by Crippen LogP contribution is -2.16. The monoisotopic (exact) mass is 435 g/mol. The quantitative estimate of drug-likeness (QED) is 0.588. The lowest BCUT2D eigenvalue weighted by molar-refractivity contribution is -0.137. The zero-order chi connectivity index (χ0) is 22.9. The first-order chi connectivity index (χ1) is 14.6. The maximum atomic E-state index is 13.6. The highest BCUT2D eigenvalue weighted by Gasteiger charge is 2.34. The van der Waals surface area contributed by atoms with Gasteiger partial charge in [0.25, 0.3) is 0 Å². The third kappa shape index (κ3) is 4.28. The number of aromatic hydroxyl groups is 1. The molecule has 1 atom stereocenters. The lowest BCUT2D eigenvalue weighted by atomic mass is 9.96. The molecule has 2 N–H and O–H groups in total. The fourth-order valence-corrected chi connectivity index (χ4v) is 3.33. The number of hydrogen-bond donors (Lipinski definition) is 2. The zero-order valence-electron chi connectivity index (χ0n) is 16.9. The predicted octanol–water partition coefficient (Wildman–Crippen LogP) is 4.18. The molecular formula is C22H20F3NO5. The second kappa shape index (κ2) is 8.44. The normalized spacial score (nSPS) is 12.6. The highest BCUT2D eigenvalue weighted by atomic mass is 19.4. The van der Waals surface area contributed by atoms with Crippen molar-refractivity contribution in [1.29, 1.82) is 0 Å². The van der Waals surface area contributed by atoms with Gasteiger partial charge >= 0.3 is 6.18 Å². The molecule has 164 valence electrons. The van der Waals surface area contributed by atoms with Crippen LogP contribution in [0.5, 0.6) is 11.5 Å². The predicted molar refractivity (Wildman–Crippen MR) is 107 cm³/mol. The molecular weight excluding hydrogens is 415 g/mol. The number of nitrogens with zero attached hydrogens (tertiary/aromatic N) is 1. The third-order valence-electron chi connectivity index (χ3n) is 4.84. The van der Waals surface area contributed by atoms with Crippen LogP contribution in [-0.4, -0.2) is 29.0 Å². The van der Waals surface area contributed by atoms with Crippen LogP contribution in [0.25, 0.3) is 16.8 Å². The highest BCUT2D eigenvalue weighted by Crippen LogP contribution is 2.42. The van der Waals surface area contributed by atoms with Crippen molar-refractivity contribution in [1.82, 2.24) is 4.57 Å². The van der Waals surface area contributed by atoms with Crippen LogP contribution in [0.3, 0.4) is 0 Å². The Morgan fingerprint density at radius 2 is 1.74 bits per heavy atom. The van der Waals surface area contributed by atoms with Gasteiger partial charge < -0.3 is 24.3 Å². The Hall–Kier alpha value is -3.30. The Morgan fingerprint density at radius 3 is 2.35 bits per heavy atom. The number of aliphatic hydroxyl groups excluding tert-OH is 1. The first-order valence-electron chi connectivity index (χ1n) is 9.10. The molecule has 0 bridgehead atoms. The molecule has 1 heterocycles. The van der Waals surface area contributed by atoms with E-state index in [0.717, 1.165) is 18.3 Å². The van der Waals surface area contributed by atoms with Crippen molar-refractivity contribution in [2.75, 3.05) is 14.2 Å². The Morgan fingerprint density at radius 1 is 1.06 bits per heavy atom. The summed E-state index contributed by atoms with van der Waals surface area (Å²) in [5.74, 6) is -0.392. The minimum absolute atomic E-state index is 0.00590. The summed E-state index contributed by atoms with van der Waals surface area (Å²) in [5.41, 5.74) is -0.682. The Labute approximate surface area is 175 Å². The number of pyridine rings is 1. The number of alkyl halides is 3. The molecule has 6 nitrogen and oxygen atoms in total. The van der Waals surface area contributed by atoms with Crippen LogP contribution in [0.4, 0.5) is 13.2 Å². The second-order valence-electron chi connectivity index (χ2n) is 6.79. The van der Waals surface area contributed by atoms with E-state index < -0.39 is 29.2 Å². The van der Waals surface area contributed by atoms with E-state index in [9.17, 15) is 28.2 Å². The molecule has 0 saturated carbocycles. The molecule has 3 rings (SSSR count). The van der Waals surface area contributed by atoms with E-state index >= 15 is 0 Å². The topological polar surface area (TPSA) is 80.9 Å². The van der Waals surface area contributed by atoms with Crippen molar-refractivity contribution in [2.24, 2.45) is 0 Å². The second-order valence-corrected chi connectivity index (χ2v) is 6.79. The molecule has 0 saturated heterocycles. The van der Waals surface area contributed by atoms with Crippen molar-refractivity contribution in [3.05, 3.63) is 75.7 Å². The van der Waals surface area contributed by atoms with Crippen LogP contribution in [0.1, 0.15) is 23.1 Å². The van der Waals surface area contributed by atoms with Crippen LogP contribution < -0.4 is 10.2 Å². The largest absolute Gasteiger partial charge is 0.503 e. The number of aliphatic hydroxyl groups is 1. The number of rotatable bonds is 5. The summed E-state index contributed by atoms with van der Waals surface area (Å²) in [6, 6.07) is 9.05. The van der Waals surface area contributed by atoms with Gasteiger partial charge in [-0.25, -0.2) is 0 Å². The van der Waals surface area contributed by atoms with E-state index in [-0.39, 0.29) is 22.6 Å². The van der Waals surface area contributed by atoms with Gasteiger partial charge in [0.05, 0.1) is 24.6 Å². The van der Waals surface area contributed by atoms with E-state index in [1.807, 2.05) is 0 Å². The summed E-state index contributed by atoms with van der Waals surface area (Å²) in [6.45, 7) is 1.68. The van der Waals surface area contributed by atoms with E-state index in [2.05, 4.69) is 0 Å². The summed E-state index contributed by atoms with van der Waals surface area (Å²) < 4.78 is 52.4. The summed E-state index contributed by atoms with van der Waals surface area (Å²) in [5, 5.41) is 20.1. The summed E-state index contributed by atoms with van der Waals surface area (Å²) in [6.07, 6.45) is -5.03. The molecule has 9 heteroatoms. The molecule has 0 fully saturated rings. The van der Waals surface area contributed by atoms with E-state index in [1.54, 1.807) is 6.92 Å². The fraction of sp³-hybridized carbons (Fsp3) is 0.227. The van der Waals surface area contributed by atoms with Gasteiger partial charge in [0.1, 0.15) is 5.75 Å². The minimum atomic E-state index is -4.60. The number of benzene rings is 2. The molecule has 31 heavy (non-hydrogen) atoms. The molecule has 2 aromatic carbocycles. The highest BCUT2D eigenvalue weighted by molar-refractivity contribution is 5.77. The van der Waals surface area contributed by atoms with Gasteiger partial charge in [-0.3, -0.25) is 4.79 Å². The van der Waals surface area contributed by atoms with Crippen molar-refractivity contribution < 1.29 is 32.9 Å². The van der Waals surface area contributed by atoms with Crippen LogP contribution in [0, 0.1) is 6.92 Å². The van der Waals surface area contributed by atoms with Crippen molar-refractivity contribution in [2.45, 2.75) is 19.4 Å². The Bertz CT molecular complexity index is 1170. The molecule has 0 amide bonds. The van der Waals surface area contributed by atoms with Crippen LogP contribution in [-0.2, 0) is 10.9 Å². The average molecular weight is 435 g/mol. The van der Waals surface area contributed by atoms with E-state index in [1.165, 1.54) is 49.1 Å². The fourth-order valence-electron chi connectivity index (χ4n) is 3.33. The van der Waals surface area contributed by atoms with Crippen molar-refractivity contribution in [3.63, 3.8) is 0 Å². The molecule has 0 spiro atoms. The number of aromatic nitrogens is 1. The Kier molecular flexibility index (Phi) is 6.10. The lowest BCUT2D eigenvalue weighted by Gasteiger charge is -2.22. The maximum absolute atomic E-state index is 13.6. The molecule has 1 unspecified atom stereocenters. The molecule has 0 aliphatic carbocycles. The van der Waals surface area contributed by atoms with Crippen LogP contribution >= 0.6 is 0 Å². The minimum Gasteiger partial charge on any atom is -0.503 e. The smallest absolute Gasteiger partial charge is 0.417 e. The molecule has 3 aromatic rings. The number of ether oxygens (including phenoxy) is 2. The Balaban J connectivity index is 2.36. The van der Waals surface area contributed by atoms with Crippen molar-refractivity contribution >= 4 is 0 Å². The van der Waals surface area contributed by atoms with Crippen LogP contribution in [0.15, 0.2) is 53.5 Å². The summed E-state index contributed by atoms with van der Waals surface area (Å²) in [7, 11) is 2.57. The molecule has 0 aliphatic heterocycles. The van der Waals surface area contributed by atoms with Gasteiger partial charge in [-0.2, -0.15) is 13.2 Å². The van der Waals surface area contributed by atoms with Gasteiger partial charge in [-0.15, -0.1) is 0 Å². The van der Waals surface area contributed by atoms with E-state index in [0.29, 0.717) is 11.3 Å². The van der Waals surface area contributed by atoms with Crippen LogP contribution in [0.2, 0.25) is 0 Å². The van der Waals surface area contributed by atoms with Gasteiger partial charge in [0.15, 0.2) is 12.0 Å². The summed E-state index contributed by atoms with van der Waals surface area (Å²) in [4.78, 5) is 11.9. The van der Waals surface area contributed by atoms with Gasteiger partial charge in [-0.1, -0.05) is 18.2 Å². The molecule has 1 aromatic heterocycles. The van der Waals surface area contributed by atoms with Gasteiger partial charge in [-0.05, 0) is 36.2 Å². The molecule has 0 aliphatic rings. The first-order valence-corrected chi connectivity index (χ1v) is 9.10. The number of methoxy groups -OCH3 is 2. The maximum Gasteiger partial charge on any atom is 0.417 e.